The molecule has 0 aliphatic carbocycles. The first-order valence-corrected chi connectivity index (χ1v) is 9.56. The number of hydrogen-bond donors (Lipinski definition) is 0. The molecule has 7 heteroatoms. The molecule has 0 heterocycles. The summed E-state index contributed by atoms with van der Waals surface area (Å²) in [5.74, 6) is -0.308. The van der Waals surface area contributed by atoms with Crippen LogP contribution in [-0.2, 0) is 33.2 Å². The van der Waals surface area contributed by atoms with Crippen molar-refractivity contribution in [3.05, 3.63) is 12.7 Å². The molecule has 0 amide bonds. The van der Waals surface area contributed by atoms with Crippen LogP contribution in [0.25, 0.3) is 0 Å². The zero-order valence-corrected chi connectivity index (χ0v) is 17.8. The van der Waals surface area contributed by atoms with E-state index in [2.05, 4.69) is 6.58 Å². The van der Waals surface area contributed by atoms with Crippen LogP contribution < -0.4 is 0 Å². The van der Waals surface area contributed by atoms with Crippen LogP contribution in [0.4, 0.5) is 0 Å². The minimum Gasteiger partial charge on any atom is -0.460 e. The first kappa shape index (κ1) is 26.0. The lowest BCUT2D eigenvalue weighted by Gasteiger charge is -2.22. The Balaban J connectivity index is 3.75. The fraction of sp³-hybridized carbons (Fsp3) is 0.850. The van der Waals surface area contributed by atoms with Crippen LogP contribution in [0.15, 0.2) is 12.7 Å². The third kappa shape index (κ3) is 16.9. The Labute approximate surface area is 164 Å². The lowest BCUT2D eigenvalue weighted by atomic mass is 10.3. The molecule has 0 saturated carbocycles. The van der Waals surface area contributed by atoms with Crippen LogP contribution in [-0.4, -0.2) is 76.1 Å². The van der Waals surface area contributed by atoms with Gasteiger partial charge in [0.1, 0.15) is 6.10 Å². The maximum absolute atomic E-state index is 10.8. The fourth-order valence-corrected chi connectivity index (χ4v) is 2.03. The first-order chi connectivity index (χ1) is 12.7. The second-order valence-electron chi connectivity index (χ2n) is 6.82. The number of carbonyl (C=O) groups is 1. The molecular formula is C20H38O7. The summed E-state index contributed by atoms with van der Waals surface area (Å²) in [4.78, 5) is 10.8. The second kappa shape index (κ2) is 16.0. The molecule has 160 valence electrons. The van der Waals surface area contributed by atoms with E-state index in [1.54, 1.807) is 13.0 Å². The highest BCUT2D eigenvalue weighted by molar-refractivity contribution is 5.66. The van der Waals surface area contributed by atoms with Crippen molar-refractivity contribution in [1.29, 1.82) is 0 Å². The van der Waals surface area contributed by atoms with E-state index in [0.29, 0.717) is 39.6 Å². The van der Waals surface area contributed by atoms with Crippen LogP contribution >= 0.6 is 0 Å². The van der Waals surface area contributed by atoms with Gasteiger partial charge in [0.05, 0.1) is 64.1 Å². The Morgan fingerprint density at radius 1 is 0.741 bits per heavy atom. The van der Waals surface area contributed by atoms with Crippen LogP contribution in [0.5, 0.6) is 0 Å². The summed E-state index contributed by atoms with van der Waals surface area (Å²) in [5, 5.41) is 0. The van der Waals surface area contributed by atoms with E-state index in [-0.39, 0.29) is 36.5 Å². The van der Waals surface area contributed by atoms with E-state index >= 15 is 0 Å². The molecule has 0 rings (SSSR count). The molecule has 0 N–H and O–H groups in total. The molecule has 0 aromatic carbocycles. The maximum Gasteiger partial charge on any atom is 0.302 e. The SMILES string of the molecule is C=CCOCC(C)OCC(C)OCC(C)OCC(C)OCC(C)OC(C)=O. The summed E-state index contributed by atoms with van der Waals surface area (Å²) in [6, 6.07) is 0. The van der Waals surface area contributed by atoms with Crippen molar-refractivity contribution < 1.29 is 33.2 Å². The number of hydrogen-bond acceptors (Lipinski definition) is 7. The topological polar surface area (TPSA) is 72.5 Å². The Morgan fingerprint density at radius 3 is 1.48 bits per heavy atom. The Kier molecular flexibility index (Phi) is 15.4. The molecule has 0 aliphatic heterocycles. The van der Waals surface area contributed by atoms with Gasteiger partial charge >= 0.3 is 5.97 Å². The third-order valence-electron chi connectivity index (χ3n) is 3.42. The minimum atomic E-state index is -0.308. The van der Waals surface area contributed by atoms with Crippen molar-refractivity contribution in [3.63, 3.8) is 0 Å². The van der Waals surface area contributed by atoms with Gasteiger partial charge in [-0.1, -0.05) is 6.08 Å². The van der Waals surface area contributed by atoms with Gasteiger partial charge in [0.2, 0.25) is 0 Å². The van der Waals surface area contributed by atoms with Gasteiger partial charge in [0.25, 0.3) is 0 Å². The van der Waals surface area contributed by atoms with Gasteiger partial charge in [-0.05, 0) is 34.6 Å². The molecule has 0 radical (unpaired) electrons. The van der Waals surface area contributed by atoms with Crippen molar-refractivity contribution in [2.24, 2.45) is 0 Å². The summed E-state index contributed by atoms with van der Waals surface area (Å²) >= 11 is 0. The molecule has 0 aliphatic rings. The zero-order chi connectivity index (χ0) is 20.7. The van der Waals surface area contributed by atoms with Gasteiger partial charge in [-0.3, -0.25) is 4.79 Å². The van der Waals surface area contributed by atoms with Gasteiger partial charge in [-0.15, -0.1) is 6.58 Å². The number of esters is 1. The minimum absolute atomic E-state index is 0.0112. The largest absolute Gasteiger partial charge is 0.460 e. The molecular weight excluding hydrogens is 352 g/mol. The quantitative estimate of drug-likeness (QED) is 0.215. The van der Waals surface area contributed by atoms with Gasteiger partial charge in [-0.25, -0.2) is 0 Å². The smallest absolute Gasteiger partial charge is 0.302 e. The van der Waals surface area contributed by atoms with E-state index in [1.165, 1.54) is 6.92 Å². The van der Waals surface area contributed by atoms with E-state index in [9.17, 15) is 4.79 Å². The molecule has 0 aromatic rings. The lowest BCUT2D eigenvalue weighted by molar-refractivity contribution is -0.150. The molecule has 27 heavy (non-hydrogen) atoms. The highest BCUT2D eigenvalue weighted by Gasteiger charge is 2.13. The summed E-state index contributed by atoms with van der Waals surface area (Å²) in [6.07, 6.45) is 1.27. The number of ether oxygens (including phenoxy) is 6. The second-order valence-corrected chi connectivity index (χ2v) is 6.82. The average molecular weight is 391 g/mol. The Bertz CT molecular complexity index is 389. The summed E-state index contributed by atoms with van der Waals surface area (Å²) in [7, 11) is 0. The van der Waals surface area contributed by atoms with Crippen LogP contribution in [0.2, 0.25) is 0 Å². The summed E-state index contributed by atoms with van der Waals surface area (Å²) < 4.78 is 33.1. The van der Waals surface area contributed by atoms with Crippen molar-refractivity contribution in [1.82, 2.24) is 0 Å². The monoisotopic (exact) mass is 390 g/mol. The number of rotatable bonds is 17. The molecule has 0 aromatic heterocycles. The highest BCUT2D eigenvalue weighted by Crippen LogP contribution is 2.03. The normalized spacial score (nSPS) is 17.0. The maximum atomic E-state index is 10.8. The van der Waals surface area contributed by atoms with Crippen molar-refractivity contribution in [3.8, 4) is 0 Å². The zero-order valence-electron chi connectivity index (χ0n) is 17.8. The summed E-state index contributed by atoms with van der Waals surface area (Å²) in [5.41, 5.74) is 0. The van der Waals surface area contributed by atoms with Crippen molar-refractivity contribution in [2.75, 3.05) is 39.6 Å². The van der Waals surface area contributed by atoms with Gasteiger partial charge in [0.15, 0.2) is 0 Å². The lowest BCUT2D eigenvalue weighted by Crippen LogP contribution is -2.29. The predicted molar refractivity (Wildman–Crippen MR) is 104 cm³/mol. The van der Waals surface area contributed by atoms with Crippen molar-refractivity contribution >= 4 is 5.97 Å². The predicted octanol–water partition coefficient (Wildman–Crippen LogP) is 2.76. The molecule has 5 unspecified atom stereocenters. The van der Waals surface area contributed by atoms with E-state index in [0.717, 1.165) is 0 Å². The van der Waals surface area contributed by atoms with Crippen LogP contribution in [0.1, 0.15) is 41.5 Å². The summed E-state index contributed by atoms with van der Waals surface area (Å²) in [6.45, 7) is 17.4. The number of carbonyl (C=O) groups excluding carboxylic acids is 1. The molecule has 0 fully saturated rings. The van der Waals surface area contributed by atoms with Gasteiger partial charge in [0, 0.05) is 6.92 Å². The molecule has 0 saturated heterocycles. The first-order valence-electron chi connectivity index (χ1n) is 9.56. The van der Waals surface area contributed by atoms with Gasteiger partial charge < -0.3 is 28.4 Å². The van der Waals surface area contributed by atoms with Gasteiger partial charge in [-0.2, -0.15) is 0 Å². The average Bonchev–Trinajstić information content (AvgIpc) is 2.60. The molecule has 5 atom stereocenters. The molecule has 0 spiro atoms. The fourth-order valence-electron chi connectivity index (χ4n) is 2.03. The molecule has 0 bridgehead atoms. The van der Waals surface area contributed by atoms with E-state index in [4.69, 9.17) is 28.4 Å². The van der Waals surface area contributed by atoms with Crippen LogP contribution in [0.3, 0.4) is 0 Å². The Morgan fingerprint density at radius 2 is 1.11 bits per heavy atom. The van der Waals surface area contributed by atoms with E-state index in [1.807, 2.05) is 27.7 Å². The highest BCUT2D eigenvalue weighted by atomic mass is 16.6. The van der Waals surface area contributed by atoms with Crippen LogP contribution in [0, 0.1) is 0 Å². The third-order valence-corrected chi connectivity index (χ3v) is 3.42. The van der Waals surface area contributed by atoms with E-state index < -0.39 is 0 Å². The van der Waals surface area contributed by atoms with Crippen molar-refractivity contribution in [2.45, 2.75) is 72.1 Å². The Hall–Kier alpha value is -0.990. The molecule has 7 nitrogen and oxygen atoms in total. The standard InChI is InChI=1S/C20H38O7/c1-8-9-22-10-15(2)23-11-16(3)24-12-17(4)25-13-18(5)26-14-19(6)27-20(7)21/h8,15-19H,1,9-14H2,2-7H3.